The Bertz CT molecular complexity index is 631. The Hall–Kier alpha value is -1.62. The lowest BCUT2D eigenvalue weighted by Crippen LogP contribution is -2.35. The summed E-state index contributed by atoms with van der Waals surface area (Å²) in [6.45, 7) is 3.88. The monoisotopic (exact) mass is 303 g/mol. The van der Waals surface area contributed by atoms with Gasteiger partial charge in [0.25, 0.3) is 5.91 Å². The number of hydrogen-bond acceptors (Lipinski definition) is 3. The summed E-state index contributed by atoms with van der Waals surface area (Å²) in [5.74, 6) is 1.86. The third kappa shape index (κ3) is 2.88. The minimum atomic E-state index is 0.165. The molecule has 0 bridgehead atoms. The number of amides is 1. The van der Waals surface area contributed by atoms with Crippen LogP contribution in [0, 0.1) is 5.92 Å². The molecular weight excluding hydrogens is 282 g/mol. The second kappa shape index (κ2) is 6.02. The molecule has 0 fully saturated rings. The van der Waals surface area contributed by atoms with Gasteiger partial charge >= 0.3 is 0 Å². The molecule has 0 spiro atoms. The average Bonchev–Trinajstić information content (AvgIpc) is 3.14. The summed E-state index contributed by atoms with van der Waals surface area (Å²) in [5.41, 5.74) is 1.16. The largest absolute Gasteiger partial charge is 0.341 e. The van der Waals surface area contributed by atoms with Gasteiger partial charge in [0.2, 0.25) is 0 Å². The lowest BCUT2D eigenvalue weighted by Gasteiger charge is -2.28. The molecule has 0 saturated heterocycles. The Balaban J connectivity index is 1.64. The zero-order chi connectivity index (χ0) is 14.8. The Morgan fingerprint density at radius 2 is 2.43 bits per heavy atom. The summed E-state index contributed by atoms with van der Waals surface area (Å²) >= 11 is 1.56. The van der Waals surface area contributed by atoms with E-state index in [2.05, 4.69) is 22.5 Å². The van der Waals surface area contributed by atoms with Gasteiger partial charge in [0.15, 0.2) is 0 Å². The van der Waals surface area contributed by atoms with Gasteiger partial charge in [-0.2, -0.15) is 0 Å². The maximum atomic E-state index is 12.6. The van der Waals surface area contributed by atoms with Crippen LogP contribution in [0.1, 0.15) is 34.4 Å². The van der Waals surface area contributed by atoms with Gasteiger partial charge < -0.3 is 9.47 Å². The molecule has 0 aromatic carbocycles. The molecule has 2 aromatic rings. The van der Waals surface area contributed by atoms with Gasteiger partial charge in [-0.15, -0.1) is 11.3 Å². The van der Waals surface area contributed by atoms with Crippen LogP contribution >= 0.6 is 11.3 Å². The van der Waals surface area contributed by atoms with Gasteiger partial charge in [-0.3, -0.25) is 4.79 Å². The fourth-order valence-electron chi connectivity index (χ4n) is 3.03. The highest BCUT2D eigenvalue weighted by Gasteiger charge is 2.23. The SMILES string of the molecule is CCc1ccsc1C(=O)N(C)C[C@@H]1CCc2nccn2C1. The first kappa shape index (κ1) is 14.3. The molecule has 1 atom stereocenters. The van der Waals surface area contributed by atoms with Crippen LogP contribution in [0.4, 0.5) is 0 Å². The second-order valence-electron chi connectivity index (χ2n) is 5.71. The van der Waals surface area contributed by atoms with Crippen LogP contribution in [0.5, 0.6) is 0 Å². The van der Waals surface area contributed by atoms with Crippen molar-refractivity contribution < 1.29 is 4.79 Å². The number of rotatable bonds is 4. The molecule has 21 heavy (non-hydrogen) atoms. The molecule has 0 unspecified atom stereocenters. The van der Waals surface area contributed by atoms with E-state index in [4.69, 9.17) is 0 Å². The van der Waals surface area contributed by atoms with Crippen molar-refractivity contribution in [1.29, 1.82) is 0 Å². The van der Waals surface area contributed by atoms with Gasteiger partial charge in [0.1, 0.15) is 5.82 Å². The Labute approximate surface area is 129 Å². The van der Waals surface area contributed by atoms with E-state index < -0.39 is 0 Å². The van der Waals surface area contributed by atoms with E-state index in [0.29, 0.717) is 5.92 Å². The smallest absolute Gasteiger partial charge is 0.263 e. The van der Waals surface area contributed by atoms with Crippen molar-refractivity contribution in [3.63, 3.8) is 0 Å². The zero-order valence-electron chi connectivity index (χ0n) is 12.6. The fourth-order valence-corrected chi connectivity index (χ4v) is 4.02. The molecule has 0 saturated carbocycles. The maximum Gasteiger partial charge on any atom is 0.263 e. The molecule has 3 heterocycles. The first-order chi connectivity index (χ1) is 10.2. The minimum absolute atomic E-state index is 0.165. The van der Waals surface area contributed by atoms with Crippen LogP contribution in [-0.2, 0) is 19.4 Å². The fraction of sp³-hybridized carbons (Fsp3) is 0.500. The highest BCUT2D eigenvalue weighted by Crippen LogP contribution is 2.22. The van der Waals surface area contributed by atoms with Crippen LogP contribution in [0.15, 0.2) is 23.8 Å². The van der Waals surface area contributed by atoms with Gasteiger partial charge in [0.05, 0.1) is 4.88 Å². The van der Waals surface area contributed by atoms with E-state index in [9.17, 15) is 4.79 Å². The number of carbonyl (C=O) groups excluding carboxylic acids is 1. The van der Waals surface area contributed by atoms with E-state index in [1.807, 2.05) is 29.7 Å². The Morgan fingerprint density at radius 1 is 1.57 bits per heavy atom. The molecule has 2 aromatic heterocycles. The van der Waals surface area contributed by atoms with Crippen molar-refractivity contribution in [3.05, 3.63) is 40.1 Å². The maximum absolute atomic E-state index is 12.6. The average molecular weight is 303 g/mol. The Kier molecular flexibility index (Phi) is 4.10. The molecule has 1 amide bonds. The Morgan fingerprint density at radius 3 is 3.24 bits per heavy atom. The van der Waals surface area contributed by atoms with Gasteiger partial charge in [-0.1, -0.05) is 6.92 Å². The lowest BCUT2D eigenvalue weighted by molar-refractivity contribution is 0.0764. The van der Waals surface area contributed by atoms with Crippen LogP contribution in [0.2, 0.25) is 0 Å². The van der Waals surface area contributed by atoms with Gasteiger partial charge in [-0.05, 0) is 35.8 Å². The van der Waals surface area contributed by atoms with Crippen molar-refractivity contribution in [2.45, 2.75) is 32.7 Å². The summed E-state index contributed by atoms with van der Waals surface area (Å²) < 4.78 is 2.22. The number of nitrogens with zero attached hydrogens (tertiary/aromatic N) is 3. The molecular formula is C16H21N3OS. The van der Waals surface area contributed by atoms with Crippen molar-refractivity contribution in [2.75, 3.05) is 13.6 Å². The molecule has 1 aliphatic rings. The summed E-state index contributed by atoms with van der Waals surface area (Å²) in [6, 6.07) is 2.06. The number of aryl methyl sites for hydroxylation is 2. The standard InChI is InChI=1S/C16H21N3OS/c1-3-13-6-9-21-15(13)16(20)18(2)10-12-4-5-14-17-7-8-19(14)11-12/h6-9,12H,3-5,10-11H2,1-2H3/t12-/m0/s1. The predicted molar refractivity (Wildman–Crippen MR) is 84.7 cm³/mol. The first-order valence-corrected chi connectivity index (χ1v) is 8.38. The summed E-state index contributed by atoms with van der Waals surface area (Å²) in [6.07, 6.45) is 6.95. The number of aromatic nitrogens is 2. The summed E-state index contributed by atoms with van der Waals surface area (Å²) in [4.78, 5) is 19.7. The van der Waals surface area contributed by atoms with E-state index in [1.165, 1.54) is 5.82 Å². The minimum Gasteiger partial charge on any atom is -0.341 e. The van der Waals surface area contributed by atoms with Crippen molar-refractivity contribution in [1.82, 2.24) is 14.5 Å². The molecule has 4 nitrogen and oxygen atoms in total. The van der Waals surface area contributed by atoms with Crippen LogP contribution in [0.3, 0.4) is 0 Å². The molecule has 112 valence electrons. The molecule has 5 heteroatoms. The summed E-state index contributed by atoms with van der Waals surface area (Å²) in [5, 5.41) is 2.01. The number of imidazole rings is 1. The van der Waals surface area contributed by atoms with Crippen LogP contribution in [0.25, 0.3) is 0 Å². The van der Waals surface area contributed by atoms with E-state index in [-0.39, 0.29) is 5.91 Å². The zero-order valence-corrected chi connectivity index (χ0v) is 13.4. The van der Waals surface area contributed by atoms with Crippen LogP contribution < -0.4 is 0 Å². The van der Waals surface area contributed by atoms with E-state index in [0.717, 1.165) is 42.8 Å². The first-order valence-electron chi connectivity index (χ1n) is 7.51. The van der Waals surface area contributed by atoms with Gasteiger partial charge in [-0.25, -0.2) is 4.98 Å². The molecule has 0 radical (unpaired) electrons. The quantitative estimate of drug-likeness (QED) is 0.871. The highest BCUT2D eigenvalue weighted by atomic mass is 32.1. The summed E-state index contributed by atoms with van der Waals surface area (Å²) in [7, 11) is 1.92. The third-order valence-corrected chi connectivity index (χ3v) is 5.18. The molecule has 3 rings (SSSR count). The number of thiophene rings is 1. The van der Waals surface area contributed by atoms with Gasteiger partial charge in [0, 0.05) is 39.0 Å². The third-order valence-electron chi connectivity index (χ3n) is 4.23. The van der Waals surface area contributed by atoms with Crippen molar-refractivity contribution in [3.8, 4) is 0 Å². The van der Waals surface area contributed by atoms with Crippen molar-refractivity contribution >= 4 is 17.2 Å². The van der Waals surface area contributed by atoms with E-state index >= 15 is 0 Å². The predicted octanol–water partition coefficient (Wildman–Crippen LogP) is 2.84. The number of fused-ring (bicyclic) bond motifs is 1. The molecule has 1 aliphatic heterocycles. The van der Waals surface area contributed by atoms with Crippen molar-refractivity contribution in [2.24, 2.45) is 5.92 Å². The number of hydrogen-bond donors (Lipinski definition) is 0. The highest BCUT2D eigenvalue weighted by molar-refractivity contribution is 7.12. The number of carbonyl (C=O) groups is 1. The normalized spacial score (nSPS) is 17.5. The molecule has 0 N–H and O–H groups in total. The van der Waals surface area contributed by atoms with Crippen LogP contribution in [-0.4, -0.2) is 34.0 Å². The van der Waals surface area contributed by atoms with E-state index in [1.54, 1.807) is 11.3 Å². The lowest BCUT2D eigenvalue weighted by atomic mass is 9.99. The second-order valence-corrected chi connectivity index (χ2v) is 6.63. The topological polar surface area (TPSA) is 38.1 Å². The molecule has 0 aliphatic carbocycles.